The first-order chi connectivity index (χ1) is 9.54. The van der Waals surface area contributed by atoms with E-state index in [2.05, 4.69) is 5.32 Å². The van der Waals surface area contributed by atoms with Gasteiger partial charge >= 0.3 is 0 Å². The molecule has 1 amide bonds. The average Bonchev–Trinajstić information content (AvgIpc) is 2.42. The third-order valence-corrected chi connectivity index (χ3v) is 4.11. The van der Waals surface area contributed by atoms with E-state index in [-0.39, 0.29) is 5.91 Å². The Morgan fingerprint density at radius 3 is 2.65 bits per heavy atom. The van der Waals surface area contributed by atoms with Crippen LogP contribution in [0.5, 0.6) is 0 Å². The number of benzene rings is 2. The highest BCUT2D eigenvalue weighted by molar-refractivity contribution is 8.00. The first-order valence-electron chi connectivity index (χ1n) is 6.09. The molecule has 20 heavy (non-hydrogen) atoms. The first-order valence-corrected chi connectivity index (χ1v) is 7.45. The fraction of sp³-hybridized carbons (Fsp3) is 0.133. The Bertz CT molecular complexity index is 614. The van der Waals surface area contributed by atoms with Crippen LogP contribution in [0.1, 0.15) is 5.56 Å². The van der Waals surface area contributed by atoms with Gasteiger partial charge in [0.25, 0.3) is 0 Å². The van der Waals surface area contributed by atoms with Crippen molar-refractivity contribution in [1.82, 2.24) is 0 Å². The van der Waals surface area contributed by atoms with Crippen molar-refractivity contribution in [1.29, 1.82) is 0 Å². The van der Waals surface area contributed by atoms with Crippen molar-refractivity contribution < 1.29 is 4.79 Å². The summed E-state index contributed by atoms with van der Waals surface area (Å²) in [5.74, 6) is 0.284. The van der Waals surface area contributed by atoms with Gasteiger partial charge in [0.05, 0.1) is 5.75 Å². The van der Waals surface area contributed by atoms with Gasteiger partial charge in [0.2, 0.25) is 5.91 Å². The highest BCUT2D eigenvalue weighted by Gasteiger charge is 2.06. The van der Waals surface area contributed by atoms with Crippen molar-refractivity contribution in [3.05, 3.63) is 53.1 Å². The molecular formula is C15H15ClN2OS. The van der Waals surface area contributed by atoms with Crippen LogP contribution in [0.25, 0.3) is 0 Å². The van der Waals surface area contributed by atoms with Gasteiger partial charge in [-0.3, -0.25) is 4.79 Å². The molecule has 0 atom stereocenters. The number of nitrogens with two attached hydrogens (primary N) is 1. The van der Waals surface area contributed by atoms with E-state index < -0.39 is 0 Å². The molecule has 2 aromatic rings. The summed E-state index contributed by atoms with van der Waals surface area (Å²) >= 11 is 7.27. The number of nitrogens with one attached hydrogen (secondary N) is 1. The van der Waals surface area contributed by atoms with Crippen LogP contribution in [0.3, 0.4) is 0 Å². The number of carbonyl (C=O) groups is 1. The summed E-state index contributed by atoms with van der Waals surface area (Å²) in [6, 6.07) is 12.7. The number of carbonyl (C=O) groups excluding carboxylic acids is 1. The summed E-state index contributed by atoms with van der Waals surface area (Å²) in [4.78, 5) is 12.9. The fourth-order valence-corrected chi connectivity index (χ4v) is 2.65. The Kier molecular flexibility index (Phi) is 4.93. The van der Waals surface area contributed by atoms with Crippen LogP contribution < -0.4 is 11.1 Å². The topological polar surface area (TPSA) is 55.1 Å². The molecule has 2 rings (SSSR count). The monoisotopic (exact) mass is 306 g/mol. The molecule has 3 N–H and O–H groups in total. The minimum absolute atomic E-state index is 0.0563. The third-order valence-electron chi connectivity index (χ3n) is 2.70. The molecule has 0 bridgehead atoms. The summed E-state index contributed by atoms with van der Waals surface area (Å²) in [5, 5.41) is 3.47. The van der Waals surface area contributed by atoms with Gasteiger partial charge in [0.1, 0.15) is 0 Å². The Balaban J connectivity index is 1.92. The zero-order valence-electron chi connectivity index (χ0n) is 11.0. The Morgan fingerprint density at radius 2 is 1.95 bits per heavy atom. The van der Waals surface area contributed by atoms with Crippen molar-refractivity contribution >= 4 is 40.6 Å². The average molecular weight is 307 g/mol. The molecule has 0 heterocycles. The SMILES string of the molecule is Cc1ccc(N)cc1SCC(=O)Nc1ccc(Cl)cc1. The van der Waals surface area contributed by atoms with Gasteiger partial charge in [-0.2, -0.15) is 0 Å². The van der Waals surface area contributed by atoms with E-state index in [0.29, 0.717) is 16.5 Å². The van der Waals surface area contributed by atoms with Crippen molar-refractivity contribution in [2.24, 2.45) is 0 Å². The molecule has 2 aromatic carbocycles. The molecule has 0 unspecified atom stereocenters. The molecule has 0 radical (unpaired) electrons. The zero-order chi connectivity index (χ0) is 14.5. The molecule has 0 aliphatic heterocycles. The maximum atomic E-state index is 11.9. The van der Waals surface area contributed by atoms with Crippen molar-refractivity contribution in [3.8, 4) is 0 Å². The smallest absolute Gasteiger partial charge is 0.234 e. The molecule has 0 fully saturated rings. The lowest BCUT2D eigenvalue weighted by atomic mass is 10.2. The van der Waals surface area contributed by atoms with E-state index in [4.69, 9.17) is 17.3 Å². The van der Waals surface area contributed by atoms with E-state index in [1.165, 1.54) is 11.8 Å². The van der Waals surface area contributed by atoms with E-state index >= 15 is 0 Å². The lowest BCUT2D eigenvalue weighted by Gasteiger charge is -2.08. The van der Waals surface area contributed by atoms with Gasteiger partial charge in [-0.25, -0.2) is 0 Å². The van der Waals surface area contributed by atoms with Crippen LogP contribution in [0.4, 0.5) is 11.4 Å². The highest BCUT2D eigenvalue weighted by atomic mass is 35.5. The van der Waals surface area contributed by atoms with Crippen molar-refractivity contribution in [3.63, 3.8) is 0 Å². The quantitative estimate of drug-likeness (QED) is 0.664. The second-order valence-corrected chi connectivity index (χ2v) is 5.82. The molecule has 104 valence electrons. The molecule has 0 aliphatic carbocycles. The van der Waals surface area contributed by atoms with Crippen molar-refractivity contribution in [2.45, 2.75) is 11.8 Å². The number of thioether (sulfide) groups is 1. The molecule has 3 nitrogen and oxygen atoms in total. The second-order valence-electron chi connectivity index (χ2n) is 4.37. The predicted octanol–water partition coefficient (Wildman–Crippen LogP) is 3.96. The minimum atomic E-state index is -0.0563. The largest absolute Gasteiger partial charge is 0.399 e. The van der Waals surface area contributed by atoms with Gasteiger partial charge in [-0.05, 0) is 48.9 Å². The molecule has 0 saturated carbocycles. The van der Waals surface area contributed by atoms with Gasteiger partial charge < -0.3 is 11.1 Å². The summed E-state index contributed by atoms with van der Waals surface area (Å²) in [5.41, 5.74) is 8.30. The summed E-state index contributed by atoms with van der Waals surface area (Å²) in [6.07, 6.45) is 0. The lowest BCUT2D eigenvalue weighted by Crippen LogP contribution is -2.13. The zero-order valence-corrected chi connectivity index (χ0v) is 12.6. The lowest BCUT2D eigenvalue weighted by molar-refractivity contribution is -0.113. The Morgan fingerprint density at radius 1 is 1.25 bits per heavy atom. The minimum Gasteiger partial charge on any atom is -0.399 e. The normalized spacial score (nSPS) is 10.3. The third kappa shape index (κ3) is 4.18. The number of hydrogen-bond donors (Lipinski definition) is 2. The number of nitrogen functional groups attached to an aromatic ring is 1. The van der Waals surface area contributed by atoms with Gasteiger partial charge in [0.15, 0.2) is 0 Å². The first kappa shape index (κ1) is 14.8. The molecule has 0 aliphatic rings. The Hall–Kier alpha value is -1.65. The number of halogens is 1. The van der Waals surface area contributed by atoms with Crippen LogP contribution in [0, 0.1) is 6.92 Å². The number of aryl methyl sites for hydroxylation is 1. The van der Waals surface area contributed by atoms with Crippen molar-refractivity contribution in [2.75, 3.05) is 16.8 Å². The van der Waals surface area contributed by atoms with Crippen LogP contribution in [0.15, 0.2) is 47.4 Å². The second kappa shape index (κ2) is 6.68. The molecule has 5 heteroatoms. The summed E-state index contributed by atoms with van der Waals surface area (Å²) in [7, 11) is 0. The molecule has 0 saturated heterocycles. The maximum absolute atomic E-state index is 11.9. The van der Waals surface area contributed by atoms with E-state index in [0.717, 1.165) is 16.1 Å². The highest BCUT2D eigenvalue weighted by Crippen LogP contribution is 2.24. The summed E-state index contributed by atoms with van der Waals surface area (Å²) in [6.45, 7) is 2.00. The van der Waals surface area contributed by atoms with Crippen LogP contribution >= 0.6 is 23.4 Å². The number of amides is 1. The number of rotatable bonds is 4. The molecular weight excluding hydrogens is 292 g/mol. The molecule has 0 aromatic heterocycles. The predicted molar refractivity (Wildman–Crippen MR) is 86.4 cm³/mol. The van der Waals surface area contributed by atoms with Crippen LogP contribution in [-0.2, 0) is 4.79 Å². The van der Waals surface area contributed by atoms with E-state index in [1.807, 2.05) is 25.1 Å². The number of anilines is 2. The van der Waals surface area contributed by atoms with Gasteiger partial charge in [0, 0.05) is 21.3 Å². The standard InChI is InChI=1S/C15H15ClN2OS/c1-10-2-5-12(17)8-14(10)20-9-15(19)18-13-6-3-11(16)4-7-13/h2-8H,9,17H2,1H3,(H,18,19). The molecule has 0 spiro atoms. The van der Waals surface area contributed by atoms with E-state index in [1.54, 1.807) is 24.3 Å². The van der Waals surface area contributed by atoms with Crippen LogP contribution in [-0.4, -0.2) is 11.7 Å². The maximum Gasteiger partial charge on any atom is 0.234 e. The Labute approximate surface area is 127 Å². The van der Waals surface area contributed by atoms with Crippen LogP contribution in [0.2, 0.25) is 5.02 Å². The van der Waals surface area contributed by atoms with E-state index in [9.17, 15) is 4.79 Å². The number of hydrogen-bond acceptors (Lipinski definition) is 3. The summed E-state index contributed by atoms with van der Waals surface area (Å²) < 4.78 is 0. The van der Waals surface area contributed by atoms with Gasteiger partial charge in [-0.15, -0.1) is 11.8 Å². The fourth-order valence-electron chi connectivity index (χ4n) is 1.65. The van der Waals surface area contributed by atoms with Gasteiger partial charge in [-0.1, -0.05) is 17.7 Å².